The van der Waals surface area contributed by atoms with E-state index < -0.39 is 44.0 Å². The fourth-order valence-corrected chi connectivity index (χ4v) is 5.36. The molecule has 1 atom stereocenters. The number of sulfonamides is 1. The quantitative estimate of drug-likeness (QED) is 0.716. The molecular weight excluding hydrogens is 385 g/mol. The normalized spacial score (nSPS) is 14.0. The molecule has 7 nitrogen and oxygen atoms in total. The van der Waals surface area contributed by atoms with Gasteiger partial charge in [0.2, 0.25) is 10.0 Å². The lowest BCUT2D eigenvalue weighted by Gasteiger charge is -2.13. The highest BCUT2D eigenvalue weighted by atomic mass is 35.5. The maximum Gasteiger partial charge on any atom is 0.321 e. The summed E-state index contributed by atoms with van der Waals surface area (Å²) < 4.78 is 48.1. The van der Waals surface area contributed by atoms with Gasteiger partial charge in [0.05, 0.1) is 10.1 Å². The largest absolute Gasteiger partial charge is 0.480 e. The summed E-state index contributed by atoms with van der Waals surface area (Å²) in [5.41, 5.74) is 0. The topological polar surface area (TPSA) is 118 Å². The lowest BCUT2D eigenvalue weighted by molar-refractivity contribution is -0.139. The van der Waals surface area contributed by atoms with Gasteiger partial charge < -0.3 is 5.11 Å². The van der Waals surface area contributed by atoms with Crippen LogP contribution < -0.4 is 4.72 Å². The Labute approximate surface area is 135 Å². The Balaban J connectivity index is 2.98. The molecule has 0 aromatic carbocycles. The van der Waals surface area contributed by atoms with E-state index in [2.05, 4.69) is 0 Å². The highest BCUT2D eigenvalue weighted by molar-refractivity contribution is 7.90. The van der Waals surface area contributed by atoms with Crippen molar-refractivity contribution in [2.45, 2.75) is 17.4 Å². The van der Waals surface area contributed by atoms with Gasteiger partial charge >= 0.3 is 5.97 Å². The lowest BCUT2D eigenvalue weighted by atomic mass is 10.2. The molecule has 0 bridgehead atoms. The molecule has 0 radical (unpaired) electrons. The molecule has 2 N–H and O–H groups in total. The van der Waals surface area contributed by atoms with Crippen LogP contribution in [0.1, 0.15) is 6.42 Å². The van der Waals surface area contributed by atoms with E-state index in [9.17, 15) is 21.6 Å². The van der Waals surface area contributed by atoms with Gasteiger partial charge in [0.25, 0.3) is 0 Å². The first-order chi connectivity index (χ1) is 9.42. The molecule has 1 heterocycles. The second-order valence-electron chi connectivity index (χ2n) is 4.12. The second kappa shape index (κ2) is 6.80. The molecule has 0 amide bonds. The molecule has 0 saturated carbocycles. The van der Waals surface area contributed by atoms with E-state index in [1.807, 2.05) is 4.72 Å². The Hall–Kier alpha value is -0.390. The van der Waals surface area contributed by atoms with Crippen LogP contribution in [0.25, 0.3) is 0 Å². The average Bonchev–Trinajstić information content (AvgIpc) is 2.63. The van der Waals surface area contributed by atoms with Gasteiger partial charge in [0.15, 0.2) is 0 Å². The molecule has 21 heavy (non-hydrogen) atoms. The van der Waals surface area contributed by atoms with E-state index in [0.717, 1.165) is 23.7 Å². The van der Waals surface area contributed by atoms with Gasteiger partial charge in [-0.1, -0.05) is 23.2 Å². The molecule has 0 aliphatic rings. The summed E-state index contributed by atoms with van der Waals surface area (Å²) in [4.78, 5) is 10.7. The van der Waals surface area contributed by atoms with E-state index in [4.69, 9.17) is 28.3 Å². The summed E-state index contributed by atoms with van der Waals surface area (Å²) in [6.45, 7) is 0. The number of hydrogen-bond acceptors (Lipinski definition) is 6. The van der Waals surface area contributed by atoms with Crippen LogP contribution in [0.4, 0.5) is 0 Å². The van der Waals surface area contributed by atoms with Crippen molar-refractivity contribution in [3.8, 4) is 0 Å². The predicted octanol–water partition coefficient (Wildman–Crippen LogP) is 1.22. The first-order valence-electron chi connectivity index (χ1n) is 5.30. The molecule has 1 unspecified atom stereocenters. The Morgan fingerprint density at radius 2 is 1.95 bits per heavy atom. The number of carboxylic acid groups (broad SMARTS) is 1. The van der Waals surface area contributed by atoms with Gasteiger partial charge in [-0.15, -0.1) is 11.3 Å². The Bertz CT molecular complexity index is 740. The van der Waals surface area contributed by atoms with Crippen LogP contribution in [0.3, 0.4) is 0 Å². The number of aliphatic carboxylic acids is 1. The number of thiophene rings is 1. The zero-order chi connectivity index (χ0) is 16.4. The van der Waals surface area contributed by atoms with E-state index in [1.54, 1.807) is 0 Å². The molecule has 1 aromatic rings. The fraction of sp³-hybridized carbons (Fsp3) is 0.444. The van der Waals surface area contributed by atoms with Crippen molar-refractivity contribution in [1.82, 2.24) is 4.72 Å². The molecule has 0 fully saturated rings. The van der Waals surface area contributed by atoms with Gasteiger partial charge in [-0.2, -0.15) is 4.72 Å². The molecule has 0 spiro atoms. The van der Waals surface area contributed by atoms with Crippen molar-refractivity contribution in [3.05, 3.63) is 14.7 Å². The molecule has 1 aromatic heterocycles. The van der Waals surface area contributed by atoms with Crippen LogP contribution in [0.2, 0.25) is 8.67 Å². The van der Waals surface area contributed by atoms with Gasteiger partial charge in [-0.25, -0.2) is 16.8 Å². The number of nitrogens with one attached hydrogen (secondary N) is 1. The highest BCUT2D eigenvalue weighted by Crippen LogP contribution is 2.34. The number of hydrogen-bond donors (Lipinski definition) is 2. The second-order valence-corrected chi connectivity index (χ2v) is 10.3. The third kappa shape index (κ3) is 5.72. The lowest BCUT2D eigenvalue weighted by Crippen LogP contribution is -2.41. The minimum atomic E-state index is -4.21. The number of sulfone groups is 1. The summed E-state index contributed by atoms with van der Waals surface area (Å²) in [5, 5.41) is 8.98. The third-order valence-corrected chi connectivity index (χ3v) is 6.49. The molecule has 12 heteroatoms. The minimum absolute atomic E-state index is 0.111. The van der Waals surface area contributed by atoms with Crippen LogP contribution in [0.15, 0.2) is 11.0 Å². The summed E-state index contributed by atoms with van der Waals surface area (Å²) in [6, 6.07) is -0.494. The van der Waals surface area contributed by atoms with Crippen molar-refractivity contribution in [2.75, 3.05) is 12.0 Å². The minimum Gasteiger partial charge on any atom is -0.480 e. The maximum absolute atomic E-state index is 12.0. The smallest absolute Gasteiger partial charge is 0.321 e. The zero-order valence-corrected chi connectivity index (χ0v) is 14.5. The number of carbonyl (C=O) groups is 1. The first-order valence-corrected chi connectivity index (χ1v) is 10.4. The predicted molar refractivity (Wildman–Crippen MR) is 80.4 cm³/mol. The van der Waals surface area contributed by atoms with E-state index in [-0.39, 0.29) is 13.6 Å². The summed E-state index contributed by atoms with van der Waals surface area (Å²) >= 11 is 12.2. The van der Waals surface area contributed by atoms with Crippen LogP contribution in [-0.2, 0) is 24.7 Å². The van der Waals surface area contributed by atoms with E-state index >= 15 is 0 Å². The SMILES string of the molecule is CS(=O)(=O)CCC(NS(=O)(=O)c1cc(Cl)sc1Cl)C(=O)O. The van der Waals surface area contributed by atoms with Crippen molar-refractivity contribution >= 4 is 60.4 Å². The van der Waals surface area contributed by atoms with Crippen molar-refractivity contribution in [3.63, 3.8) is 0 Å². The van der Waals surface area contributed by atoms with Crippen molar-refractivity contribution in [2.24, 2.45) is 0 Å². The molecule has 0 saturated heterocycles. The first kappa shape index (κ1) is 18.7. The average molecular weight is 396 g/mol. The Morgan fingerprint density at radius 3 is 2.33 bits per heavy atom. The monoisotopic (exact) mass is 395 g/mol. The molecule has 0 aliphatic heterocycles. The highest BCUT2D eigenvalue weighted by Gasteiger charge is 2.28. The maximum atomic E-state index is 12.0. The molecular formula is C9H11Cl2NO6S3. The van der Waals surface area contributed by atoms with Gasteiger partial charge in [0.1, 0.15) is 25.1 Å². The summed E-state index contributed by atoms with van der Waals surface area (Å²) in [6.07, 6.45) is 0.527. The van der Waals surface area contributed by atoms with Gasteiger partial charge in [0, 0.05) is 6.26 Å². The van der Waals surface area contributed by atoms with Crippen LogP contribution in [0.5, 0.6) is 0 Å². The van der Waals surface area contributed by atoms with Gasteiger partial charge in [-0.3, -0.25) is 4.79 Å². The number of halogens is 2. The molecule has 0 aliphatic carbocycles. The molecule has 1 rings (SSSR count). The number of carboxylic acids is 1. The van der Waals surface area contributed by atoms with Gasteiger partial charge in [-0.05, 0) is 12.5 Å². The van der Waals surface area contributed by atoms with Crippen LogP contribution in [0, 0.1) is 0 Å². The number of rotatable bonds is 7. The van der Waals surface area contributed by atoms with E-state index in [0.29, 0.717) is 0 Å². The van der Waals surface area contributed by atoms with E-state index in [1.165, 1.54) is 0 Å². The standard InChI is InChI=1S/C9H11Cl2NO6S3/c1-20(15,16)3-2-5(9(13)14)12-21(17,18)6-4-7(10)19-8(6)11/h4-5,12H,2-3H2,1H3,(H,13,14). The van der Waals surface area contributed by atoms with Crippen LogP contribution in [-0.4, -0.2) is 46.0 Å². The van der Waals surface area contributed by atoms with Crippen LogP contribution >= 0.6 is 34.5 Å². The Morgan fingerprint density at radius 1 is 1.38 bits per heavy atom. The zero-order valence-electron chi connectivity index (χ0n) is 10.5. The molecule has 120 valence electrons. The Kier molecular flexibility index (Phi) is 6.04. The third-order valence-electron chi connectivity index (χ3n) is 2.29. The summed E-state index contributed by atoms with van der Waals surface area (Å²) in [5.74, 6) is -1.95. The van der Waals surface area contributed by atoms with Crippen molar-refractivity contribution < 1.29 is 26.7 Å². The van der Waals surface area contributed by atoms with Crippen molar-refractivity contribution in [1.29, 1.82) is 0 Å². The summed E-state index contributed by atoms with van der Waals surface area (Å²) in [7, 11) is -7.63. The fourth-order valence-electron chi connectivity index (χ4n) is 1.32.